The van der Waals surface area contributed by atoms with Crippen molar-refractivity contribution in [3.63, 3.8) is 0 Å². The lowest BCUT2D eigenvalue weighted by atomic mass is 10.1. The van der Waals surface area contributed by atoms with Crippen LogP contribution in [0.4, 0.5) is 0 Å². The van der Waals surface area contributed by atoms with Crippen LogP contribution in [-0.2, 0) is 4.74 Å². The highest BCUT2D eigenvalue weighted by Gasteiger charge is 2.26. The predicted octanol–water partition coefficient (Wildman–Crippen LogP) is 2.54. The molecule has 1 saturated heterocycles. The number of fused-ring (bicyclic) bond motifs is 1. The van der Waals surface area contributed by atoms with Crippen LogP contribution in [0.25, 0.3) is 5.52 Å². The van der Waals surface area contributed by atoms with Crippen LogP contribution in [0.15, 0.2) is 24.5 Å². The van der Waals surface area contributed by atoms with Crippen LogP contribution in [0.5, 0.6) is 0 Å². The Kier molecular flexibility index (Phi) is 2.21. The predicted molar refractivity (Wildman–Crippen MR) is 62.7 cm³/mol. The molecule has 2 unspecified atom stereocenters. The summed E-state index contributed by atoms with van der Waals surface area (Å²) in [5.74, 6) is 1.59. The van der Waals surface area contributed by atoms with Gasteiger partial charge in [-0.1, -0.05) is 6.07 Å². The van der Waals surface area contributed by atoms with Crippen LogP contribution in [0.2, 0.25) is 0 Å². The molecular formula is C13H16N2O. The minimum Gasteiger partial charge on any atom is -0.378 e. The van der Waals surface area contributed by atoms with E-state index in [9.17, 15) is 0 Å². The number of imidazole rings is 1. The minimum absolute atomic E-state index is 0.363. The Hall–Kier alpha value is -1.35. The van der Waals surface area contributed by atoms with Gasteiger partial charge in [-0.3, -0.25) is 0 Å². The monoisotopic (exact) mass is 216 g/mol. The van der Waals surface area contributed by atoms with Gasteiger partial charge < -0.3 is 9.14 Å². The van der Waals surface area contributed by atoms with E-state index in [4.69, 9.17) is 4.74 Å². The summed E-state index contributed by atoms with van der Waals surface area (Å²) in [6.45, 7) is 5.03. The van der Waals surface area contributed by atoms with Crippen molar-refractivity contribution in [2.75, 3.05) is 6.61 Å². The second-order valence-corrected chi connectivity index (χ2v) is 4.69. The lowest BCUT2D eigenvalue weighted by Gasteiger charge is -2.07. The standard InChI is InChI=1S/C13H16N2O/c1-9-3-4-12-6-14-13(15(12)7-9)11-5-10(2)16-8-11/h3-4,6-7,10-11H,5,8H2,1-2H3. The third kappa shape index (κ3) is 1.52. The molecule has 0 bridgehead atoms. The van der Waals surface area contributed by atoms with Crippen molar-refractivity contribution in [2.24, 2.45) is 0 Å². The topological polar surface area (TPSA) is 26.5 Å². The molecule has 2 aromatic heterocycles. The Bertz CT molecular complexity index is 518. The van der Waals surface area contributed by atoms with Gasteiger partial charge in [0.1, 0.15) is 5.82 Å². The van der Waals surface area contributed by atoms with Gasteiger partial charge in [-0.25, -0.2) is 4.98 Å². The Morgan fingerprint density at radius 1 is 1.44 bits per heavy atom. The van der Waals surface area contributed by atoms with E-state index < -0.39 is 0 Å². The SMILES string of the molecule is Cc1ccc2cnc(C3COC(C)C3)n2c1. The van der Waals surface area contributed by atoms with Gasteiger partial charge in [-0.2, -0.15) is 0 Å². The zero-order chi connectivity index (χ0) is 11.1. The minimum atomic E-state index is 0.363. The quantitative estimate of drug-likeness (QED) is 0.732. The van der Waals surface area contributed by atoms with Crippen LogP contribution < -0.4 is 0 Å². The maximum atomic E-state index is 5.62. The molecule has 0 spiro atoms. The molecule has 3 heterocycles. The fourth-order valence-electron chi connectivity index (χ4n) is 2.42. The number of aromatic nitrogens is 2. The second kappa shape index (κ2) is 3.59. The highest BCUT2D eigenvalue weighted by atomic mass is 16.5. The van der Waals surface area contributed by atoms with Gasteiger partial charge in [0.15, 0.2) is 0 Å². The maximum absolute atomic E-state index is 5.62. The van der Waals surface area contributed by atoms with E-state index in [1.165, 1.54) is 11.1 Å². The first kappa shape index (κ1) is 9.85. The van der Waals surface area contributed by atoms with Gasteiger partial charge in [0.05, 0.1) is 24.4 Å². The molecule has 0 amide bonds. The lowest BCUT2D eigenvalue weighted by Crippen LogP contribution is -2.04. The van der Waals surface area contributed by atoms with E-state index in [2.05, 4.69) is 41.6 Å². The van der Waals surface area contributed by atoms with Gasteiger partial charge in [0, 0.05) is 12.1 Å². The van der Waals surface area contributed by atoms with Gasteiger partial charge in [-0.15, -0.1) is 0 Å². The molecule has 1 aliphatic rings. The smallest absolute Gasteiger partial charge is 0.118 e. The molecule has 0 saturated carbocycles. The van der Waals surface area contributed by atoms with E-state index in [1.807, 2.05) is 6.20 Å². The zero-order valence-electron chi connectivity index (χ0n) is 9.68. The largest absolute Gasteiger partial charge is 0.378 e. The molecule has 0 aromatic carbocycles. The van der Waals surface area contributed by atoms with Crippen molar-refractivity contribution < 1.29 is 4.74 Å². The number of nitrogens with zero attached hydrogens (tertiary/aromatic N) is 2. The van der Waals surface area contributed by atoms with E-state index in [-0.39, 0.29) is 0 Å². The van der Waals surface area contributed by atoms with Crippen LogP contribution >= 0.6 is 0 Å². The molecule has 0 radical (unpaired) electrons. The zero-order valence-corrected chi connectivity index (χ0v) is 9.68. The lowest BCUT2D eigenvalue weighted by molar-refractivity contribution is 0.123. The number of aryl methyl sites for hydroxylation is 1. The number of hydrogen-bond acceptors (Lipinski definition) is 2. The van der Waals surface area contributed by atoms with Gasteiger partial charge in [-0.05, 0) is 31.9 Å². The van der Waals surface area contributed by atoms with Gasteiger partial charge >= 0.3 is 0 Å². The Balaban J connectivity index is 2.06. The number of pyridine rings is 1. The molecule has 2 aromatic rings. The molecule has 16 heavy (non-hydrogen) atoms. The van der Waals surface area contributed by atoms with Crippen LogP contribution in [0, 0.1) is 6.92 Å². The normalized spacial score (nSPS) is 25.4. The summed E-state index contributed by atoms with van der Waals surface area (Å²) in [5.41, 5.74) is 2.43. The molecular weight excluding hydrogens is 200 g/mol. The molecule has 2 atom stereocenters. The first-order chi connectivity index (χ1) is 7.74. The van der Waals surface area contributed by atoms with Crippen molar-refractivity contribution >= 4 is 5.52 Å². The summed E-state index contributed by atoms with van der Waals surface area (Å²) >= 11 is 0. The molecule has 1 aliphatic heterocycles. The summed E-state index contributed by atoms with van der Waals surface area (Å²) in [4.78, 5) is 4.54. The van der Waals surface area contributed by atoms with E-state index in [0.29, 0.717) is 12.0 Å². The maximum Gasteiger partial charge on any atom is 0.118 e. The van der Waals surface area contributed by atoms with Crippen molar-refractivity contribution in [1.82, 2.24) is 9.38 Å². The van der Waals surface area contributed by atoms with Crippen molar-refractivity contribution in [1.29, 1.82) is 0 Å². The van der Waals surface area contributed by atoms with Gasteiger partial charge in [0.25, 0.3) is 0 Å². The summed E-state index contributed by atoms with van der Waals surface area (Å²) in [6, 6.07) is 4.24. The van der Waals surface area contributed by atoms with Crippen molar-refractivity contribution in [3.8, 4) is 0 Å². The highest BCUT2D eigenvalue weighted by molar-refractivity contribution is 5.47. The highest BCUT2D eigenvalue weighted by Crippen LogP contribution is 2.28. The second-order valence-electron chi connectivity index (χ2n) is 4.69. The molecule has 3 nitrogen and oxygen atoms in total. The third-order valence-electron chi connectivity index (χ3n) is 3.27. The summed E-state index contributed by atoms with van der Waals surface area (Å²) < 4.78 is 7.81. The molecule has 0 N–H and O–H groups in total. The fourth-order valence-corrected chi connectivity index (χ4v) is 2.42. The summed E-state index contributed by atoms with van der Waals surface area (Å²) in [7, 11) is 0. The van der Waals surface area contributed by atoms with Crippen LogP contribution in [0.1, 0.15) is 30.7 Å². The molecule has 1 fully saturated rings. The van der Waals surface area contributed by atoms with Gasteiger partial charge in [0.2, 0.25) is 0 Å². The molecule has 3 rings (SSSR count). The first-order valence-corrected chi connectivity index (χ1v) is 5.79. The molecule has 3 heteroatoms. The summed E-state index contributed by atoms with van der Waals surface area (Å²) in [5, 5.41) is 0. The van der Waals surface area contributed by atoms with E-state index in [0.717, 1.165) is 18.9 Å². The molecule has 0 aliphatic carbocycles. The third-order valence-corrected chi connectivity index (χ3v) is 3.27. The number of hydrogen-bond donors (Lipinski definition) is 0. The number of ether oxygens (including phenoxy) is 1. The Morgan fingerprint density at radius 2 is 2.31 bits per heavy atom. The molecule has 84 valence electrons. The Morgan fingerprint density at radius 3 is 3.06 bits per heavy atom. The van der Waals surface area contributed by atoms with E-state index in [1.54, 1.807) is 0 Å². The Labute approximate surface area is 95.1 Å². The van der Waals surface area contributed by atoms with E-state index >= 15 is 0 Å². The first-order valence-electron chi connectivity index (χ1n) is 5.79. The van der Waals surface area contributed by atoms with Crippen molar-refractivity contribution in [3.05, 3.63) is 35.9 Å². The van der Waals surface area contributed by atoms with Crippen LogP contribution in [0.3, 0.4) is 0 Å². The average Bonchev–Trinajstić information content (AvgIpc) is 2.83. The fraction of sp³-hybridized carbons (Fsp3) is 0.462. The van der Waals surface area contributed by atoms with Crippen LogP contribution in [-0.4, -0.2) is 22.1 Å². The average molecular weight is 216 g/mol. The number of rotatable bonds is 1. The summed E-state index contributed by atoms with van der Waals surface area (Å²) in [6.07, 6.45) is 5.54. The van der Waals surface area contributed by atoms with Crippen molar-refractivity contribution in [2.45, 2.75) is 32.3 Å².